The highest BCUT2D eigenvalue weighted by Crippen LogP contribution is 2.33. The third-order valence-electron chi connectivity index (χ3n) is 3.01. The molecule has 19 heavy (non-hydrogen) atoms. The van der Waals surface area contributed by atoms with Gasteiger partial charge in [-0.05, 0) is 36.1 Å². The van der Waals surface area contributed by atoms with Crippen LogP contribution in [0, 0.1) is 6.92 Å². The van der Waals surface area contributed by atoms with Gasteiger partial charge in [0.1, 0.15) is 11.5 Å². The third-order valence-corrected chi connectivity index (χ3v) is 3.30. The molecule has 0 fully saturated rings. The molecule has 0 aliphatic rings. The Labute approximate surface area is 119 Å². The summed E-state index contributed by atoms with van der Waals surface area (Å²) < 4.78 is 6.05. The molecule has 0 aliphatic heterocycles. The number of pyridine rings is 1. The molecule has 1 aromatic heterocycles. The predicted molar refractivity (Wildman–Crippen MR) is 79.1 cm³/mol. The highest BCUT2D eigenvalue weighted by atomic mass is 35.5. The molecule has 0 atom stereocenters. The number of aryl methyl sites for hydroxylation is 1. The number of benzene rings is 1. The first-order chi connectivity index (χ1) is 9.11. The minimum atomic E-state index is 0.395. The molecule has 2 nitrogen and oxygen atoms in total. The Hall–Kier alpha value is -1.54. The van der Waals surface area contributed by atoms with Gasteiger partial charge in [0.15, 0.2) is 0 Å². The van der Waals surface area contributed by atoms with Crippen molar-refractivity contribution >= 4 is 11.6 Å². The zero-order valence-electron chi connectivity index (χ0n) is 11.5. The number of alkyl halides is 1. The lowest BCUT2D eigenvalue weighted by atomic mass is 10.0. The maximum atomic E-state index is 6.05. The van der Waals surface area contributed by atoms with Crippen molar-refractivity contribution in [1.82, 2.24) is 4.98 Å². The molecule has 0 saturated carbocycles. The van der Waals surface area contributed by atoms with E-state index >= 15 is 0 Å². The molecular formula is C16H18ClNO. The molecule has 1 heterocycles. The van der Waals surface area contributed by atoms with Crippen molar-refractivity contribution in [3.05, 3.63) is 53.3 Å². The first-order valence-electron chi connectivity index (χ1n) is 6.39. The maximum Gasteiger partial charge on any atom is 0.134 e. The summed E-state index contributed by atoms with van der Waals surface area (Å²) in [6.45, 7) is 6.38. The Morgan fingerprint density at radius 3 is 2.68 bits per heavy atom. The molecule has 0 unspecified atom stereocenters. The van der Waals surface area contributed by atoms with Crippen molar-refractivity contribution in [3.8, 4) is 11.5 Å². The van der Waals surface area contributed by atoms with Crippen LogP contribution in [0.4, 0.5) is 0 Å². The quantitative estimate of drug-likeness (QED) is 0.729. The van der Waals surface area contributed by atoms with E-state index in [0.29, 0.717) is 11.8 Å². The van der Waals surface area contributed by atoms with Crippen LogP contribution >= 0.6 is 11.6 Å². The normalized spacial score (nSPS) is 10.8. The molecule has 0 radical (unpaired) electrons. The molecule has 0 spiro atoms. The minimum absolute atomic E-state index is 0.395. The van der Waals surface area contributed by atoms with Gasteiger partial charge < -0.3 is 4.74 Å². The van der Waals surface area contributed by atoms with Gasteiger partial charge >= 0.3 is 0 Å². The fraction of sp³-hybridized carbons (Fsp3) is 0.312. The SMILES string of the molecule is Cc1ccc(C(C)C)c(Oc2ccncc2CCl)c1. The molecule has 1 aromatic carbocycles. The second-order valence-electron chi connectivity index (χ2n) is 4.92. The molecule has 2 rings (SSSR count). The summed E-state index contributed by atoms with van der Waals surface area (Å²) in [5.41, 5.74) is 3.28. The van der Waals surface area contributed by atoms with Crippen molar-refractivity contribution in [1.29, 1.82) is 0 Å². The Bertz CT molecular complexity index is 566. The van der Waals surface area contributed by atoms with Crippen LogP contribution in [0.5, 0.6) is 11.5 Å². The minimum Gasteiger partial charge on any atom is -0.457 e. The second kappa shape index (κ2) is 6.07. The van der Waals surface area contributed by atoms with E-state index in [4.69, 9.17) is 16.3 Å². The van der Waals surface area contributed by atoms with Gasteiger partial charge in [0.25, 0.3) is 0 Å². The van der Waals surface area contributed by atoms with E-state index in [1.807, 2.05) is 6.07 Å². The first kappa shape index (κ1) is 13.9. The molecule has 0 bridgehead atoms. The van der Waals surface area contributed by atoms with Gasteiger partial charge in [0.2, 0.25) is 0 Å². The van der Waals surface area contributed by atoms with Gasteiger partial charge in [0.05, 0.1) is 5.88 Å². The summed E-state index contributed by atoms with van der Waals surface area (Å²) in [6.07, 6.45) is 3.46. The van der Waals surface area contributed by atoms with Gasteiger partial charge in [-0.3, -0.25) is 4.98 Å². The van der Waals surface area contributed by atoms with Gasteiger partial charge in [0, 0.05) is 18.0 Å². The van der Waals surface area contributed by atoms with Crippen molar-refractivity contribution < 1.29 is 4.74 Å². The average molecular weight is 276 g/mol. The number of hydrogen-bond donors (Lipinski definition) is 0. The van der Waals surface area contributed by atoms with Crippen LogP contribution in [0.15, 0.2) is 36.7 Å². The van der Waals surface area contributed by atoms with Crippen LogP contribution in [0.2, 0.25) is 0 Å². The standard InChI is InChI=1S/C16H18ClNO/c1-11(2)14-5-4-12(3)8-16(14)19-15-6-7-18-10-13(15)9-17/h4-8,10-11H,9H2,1-3H3. The lowest BCUT2D eigenvalue weighted by Gasteiger charge is -2.16. The van der Waals surface area contributed by atoms with E-state index in [0.717, 1.165) is 17.1 Å². The molecule has 3 heteroatoms. The third kappa shape index (κ3) is 3.27. The molecule has 0 amide bonds. The summed E-state index contributed by atoms with van der Waals surface area (Å²) in [5.74, 6) is 2.48. The number of nitrogens with zero attached hydrogens (tertiary/aromatic N) is 1. The topological polar surface area (TPSA) is 22.1 Å². The highest BCUT2D eigenvalue weighted by Gasteiger charge is 2.11. The smallest absolute Gasteiger partial charge is 0.134 e. The van der Waals surface area contributed by atoms with Gasteiger partial charge in [-0.25, -0.2) is 0 Å². The van der Waals surface area contributed by atoms with Crippen LogP contribution in [-0.2, 0) is 5.88 Å². The lowest BCUT2D eigenvalue weighted by molar-refractivity contribution is 0.468. The largest absolute Gasteiger partial charge is 0.457 e. The van der Waals surface area contributed by atoms with Gasteiger partial charge in [-0.2, -0.15) is 0 Å². The van der Waals surface area contributed by atoms with E-state index < -0.39 is 0 Å². The fourth-order valence-corrected chi connectivity index (χ4v) is 2.14. The zero-order valence-corrected chi connectivity index (χ0v) is 12.2. The second-order valence-corrected chi connectivity index (χ2v) is 5.18. The summed E-state index contributed by atoms with van der Waals surface area (Å²) in [4.78, 5) is 4.07. The van der Waals surface area contributed by atoms with Crippen molar-refractivity contribution in [3.63, 3.8) is 0 Å². The summed E-state index contributed by atoms with van der Waals surface area (Å²) >= 11 is 5.91. The number of aromatic nitrogens is 1. The molecule has 2 aromatic rings. The highest BCUT2D eigenvalue weighted by molar-refractivity contribution is 6.17. The Morgan fingerprint density at radius 1 is 1.21 bits per heavy atom. The van der Waals surface area contributed by atoms with Gasteiger partial charge in [-0.1, -0.05) is 26.0 Å². The van der Waals surface area contributed by atoms with Crippen LogP contribution in [0.3, 0.4) is 0 Å². The van der Waals surface area contributed by atoms with E-state index in [-0.39, 0.29) is 0 Å². The number of halogens is 1. The summed E-state index contributed by atoms with van der Waals surface area (Å²) in [7, 11) is 0. The van der Waals surface area contributed by atoms with Crippen LogP contribution in [0.1, 0.15) is 36.5 Å². The average Bonchev–Trinajstić information content (AvgIpc) is 2.39. The molecular weight excluding hydrogens is 258 g/mol. The predicted octanol–water partition coefficient (Wildman–Crippen LogP) is 5.04. The fourth-order valence-electron chi connectivity index (χ4n) is 1.94. The number of hydrogen-bond acceptors (Lipinski definition) is 2. The van der Waals surface area contributed by atoms with E-state index in [1.54, 1.807) is 12.4 Å². The van der Waals surface area contributed by atoms with Crippen LogP contribution < -0.4 is 4.74 Å². The lowest BCUT2D eigenvalue weighted by Crippen LogP contribution is -1.97. The van der Waals surface area contributed by atoms with Crippen molar-refractivity contribution in [2.24, 2.45) is 0 Å². The molecule has 0 saturated heterocycles. The van der Waals surface area contributed by atoms with E-state index in [1.165, 1.54) is 11.1 Å². The number of rotatable bonds is 4. The van der Waals surface area contributed by atoms with E-state index in [2.05, 4.69) is 44.0 Å². The molecule has 0 N–H and O–H groups in total. The maximum absolute atomic E-state index is 6.05. The number of ether oxygens (including phenoxy) is 1. The Kier molecular flexibility index (Phi) is 4.43. The van der Waals surface area contributed by atoms with Crippen molar-refractivity contribution in [2.45, 2.75) is 32.6 Å². The van der Waals surface area contributed by atoms with E-state index in [9.17, 15) is 0 Å². The van der Waals surface area contributed by atoms with Crippen molar-refractivity contribution in [2.75, 3.05) is 0 Å². The monoisotopic (exact) mass is 275 g/mol. The zero-order chi connectivity index (χ0) is 13.8. The first-order valence-corrected chi connectivity index (χ1v) is 6.92. The Morgan fingerprint density at radius 2 is 2.00 bits per heavy atom. The molecule has 100 valence electrons. The van der Waals surface area contributed by atoms with Gasteiger partial charge in [-0.15, -0.1) is 11.6 Å². The van der Waals surface area contributed by atoms with Crippen LogP contribution in [-0.4, -0.2) is 4.98 Å². The molecule has 0 aliphatic carbocycles. The summed E-state index contributed by atoms with van der Waals surface area (Å²) in [6, 6.07) is 8.14. The van der Waals surface area contributed by atoms with Crippen LogP contribution in [0.25, 0.3) is 0 Å². The Balaban J connectivity index is 2.39. The summed E-state index contributed by atoms with van der Waals surface area (Å²) in [5, 5.41) is 0.